The number of rotatable bonds is 11. The molecule has 0 fully saturated rings. The molecule has 0 aliphatic carbocycles. The maximum Gasteiger partial charge on any atom is 0.0743 e. The molecule has 0 saturated carbocycles. The highest BCUT2D eigenvalue weighted by Gasteiger charge is 2.16. The van der Waals surface area contributed by atoms with Crippen molar-refractivity contribution in [3.8, 4) is 12.8 Å². The zero-order valence-corrected chi connectivity index (χ0v) is 20.9. The van der Waals surface area contributed by atoms with Gasteiger partial charge in [0.15, 0.2) is 0 Å². The number of aryl methyl sites for hydroxylation is 1. The maximum atomic E-state index is 4.76. The average Bonchev–Trinajstić information content (AvgIpc) is 3.02. The van der Waals surface area contributed by atoms with E-state index in [1.807, 2.05) is 17.9 Å². The van der Waals surface area contributed by atoms with E-state index in [9.17, 15) is 0 Å². The first-order valence-electron chi connectivity index (χ1n) is 11.2. The monoisotopic (exact) mass is 412 g/mol. The molecule has 0 aliphatic heterocycles. The Bertz CT molecular complexity index is 726. The molecule has 168 valence electrons. The minimum absolute atomic E-state index is 0.451. The van der Waals surface area contributed by atoms with Gasteiger partial charge in [0.25, 0.3) is 0 Å². The van der Waals surface area contributed by atoms with E-state index in [2.05, 4.69) is 85.4 Å². The quantitative estimate of drug-likeness (QED) is 0.244. The van der Waals surface area contributed by atoms with Gasteiger partial charge in [0.05, 0.1) is 12.2 Å². The molecule has 4 heteroatoms. The van der Waals surface area contributed by atoms with Crippen molar-refractivity contribution < 1.29 is 0 Å². The molecule has 0 N–H and O–H groups in total. The van der Waals surface area contributed by atoms with E-state index < -0.39 is 0 Å². The molecule has 30 heavy (non-hydrogen) atoms. The Morgan fingerprint density at radius 3 is 2.23 bits per heavy atom. The summed E-state index contributed by atoms with van der Waals surface area (Å²) < 4.78 is 1.97. The van der Waals surface area contributed by atoms with Crippen molar-refractivity contribution in [2.75, 3.05) is 13.1 Å². The van der Waals surface area contributed by atoms with Gasteiger partial charge in [0.2, 0.25) is 0 Å². The minimum atomic E-state index is 0.451. The average molecular weight is 413 g/mol. The van der Waals surface area contributed by atoms with Crippen molar-refractivity contribution in [2.45, 2.75) is 86.6 Å². The highest BCUT2D eigenvalue weighted by Crippen LogP contribution is 2.22. The second-order valence-corrected chi connectivity index (χ2v) is 8.21. The van der Waals surface area contributed by atoms with Gasteiger partial charge in [0.1, 0.15) is 0 Å². The van der Waals surface area contributed by atoms with Gasteiger partial charge in [-0.2, -0.15) is 5.10 Å². The van der Waals surface area contributed by atoms with Gasteiger partial charge in [-0.3, -0.25) is 9.67 Å². The Kier molecular flexibility index (Phi) is 13.5. The van der Waals surface area contributed by atoms with Crippen LogP contribution in [0.5, 0.6) is 0 Å². The predicted octanol–water partition coefficient (Wildman–Crippen LogP) is 6.27. The second-order valence-electron chi connectivity index (χ2n) is 8.21. The third kappa shape index (κ3) is 8.61. The highest BCUT2D eigenvalue weighted by atomic mass is 15.3. The molecule has 1 unspecified atom stereocenters. The minimum Gasteiger partial charge on any atom is -0.371 e. The van der Waals surface area contributed by atoms with Crippen LogP contribution in [0.15, 0.2) is 28.4 Å². The molecule has 0 saturated heterocycles. The molecule has 1 atom stereocenters. The van der Waals surface area contributed by atoms with Crippen LogP contribution in [0.25, 0.3) is 0 Å². The SMILES string of the molecule is C#C.CCC(C)c1nn(C)c(C)c1C=NC/C(C)=C\N(CC=C(C)C)C(CC)CC. The lowest BCUT2D eigenvalue weighted by atomic mass is 10.0. The zero-order valence-electron chi connectivity index (χ0n) is 20.9. The van der Waals surface area contributed by atoms with Crippen molar-refractivity contribution >= 4 is 6.21 Å². The van der Waals surface area contributed by atoms with E-state index in [-0.39, 0.29) is 0 Å². The first-order valence-corrected chi connectivity index (χ1v) is 11.2. The van der Waals surface area contributed by atoms with Crippen molar-refractivity contribution in [1.29, 1.82) is 0 Å². The van der Waals surface area contributed by atoms with E-state index in [1.165, 1.54) is 22.4 Å². The second kappa shape index (κ2) is 14.7. The summed E-state index contributed by atoms with van der Waals surface area (Å²) in [7, 11) is 2.01. The fraction of sp³-hybridized carbons (Fsp3) is 0.615. The molecular formula is C26H44N4. The number of nitrogens with zero attached hydrogens (tertiary/aromatic N) is 4. The fourth-order valence-electron chi connectivity index (χ4n) is 3.32. The first-order chi connectivity index (χ1) is 14.2. The van der Waals surface area contributed by atoms with Gasteiger partial charge in [-0.1, -0.05) is 39.3 Å². The van der Waals surface area contributed by atoms with E-state index in [4.69, 9.17) is 10.1 Å². The van der Waals surface area contributed by atoms with Crippen LogP contribution in [-0.2, 0) is 7.05 Å². The number of allylic oxidation sites excluding steroid dienone is 1. The molecule has 1 rings (SSSR count). The van der Waals surface area contributed by atoms with Gasteiger partial charge in [-0.15, -0.1) is 12.8 Å². The van der Waals surface area contributed by atoms with Crippen LogP contribution in [0, 0.1) is 19.8 Å². The van der Waals surface area contributed by atoms with Crippen LogP contribution >= 0.6 is 0 Å². The Hall–Kier alpha value is -2.28. The number of hydrogen-bond acceptors (Lipinski definition) is 3. The summed E-state index contributed by atoms with van der Waals surface area (Å²) in [5, 5.41) is 4.71. The van der Waals surface area contributed by atoms with Gasteiger partial charge >= 0.3 is 0 Å². The molecule has 0 radical (unpaired) electrons. The standard InChI is InChI=1S/C24H42N4.C2H2/c1-10-20(7)24-23(21(8)27(9)26-24)16-25-15-19(6)17-28(14-13-18(4)5)22(11-2)12-3;1-2/h13,16-17,20,22H,10-12,14-15H2,1-9H3;1-2H/b19-17-,25-16?;. The molecule has 1 heterocycles. The van der Waals surface area contributed by atoms with Gasteiger partial charge in [-0.25, -0.2) is 0 Å². The summed E-state index contributed by atoms with van der Waals surface area (Å²) in [6.07, 6.45) is 18.0. The smallest absolute Gasteiger partial charge is 0.0743 e. The van der Waals surface area contributed by atoms with Crippen LogP contribution in [-0.4, -0.2) is 40.0 Å². The van der Waals surface area contributed by atoms with Crippen molar-refractivity contribution in [3.63, 3.8) is 0 Å². The van der Waals surface area contributed by atoms with Gasteiger partial charge < -0.3 is 4.90 Å². The maximum absolute atomic E-state index is 4.76. The highest BCUT2D eigenvalue weighted by molar-refractivity contribution is 5.83. The van der Waals surface area contributed by atoms with Crippen molar-refractivity contribution in [2.24, 2.45) is 12.0 Å². The first kappa shape index (κ1) is 27.7. The summed E-state index contributed by atoms with van der Waals surface area (Å²) >= 11 is 0. The molecule has 1 aromatic heterocycles. The van der Waals surface area contributed by atoms with E-state index in [1.54, 1.807) is 0 Å². The summed E-state index contributed by atoms with van der Waals surface area (Å²) in [6.45, 7) is 19.3. The summed E-state index contributed by atoms with van der Waals surface area (Å²) in [5.74, 6) is 0.451. The van der Waals surface area contributed by atoms with Crippen molar-refractivity contribution in [3.05, 3.63) is 40.4 Å². The number of aliphatic imine (C=N–C) groups is 1. The Morgan fingerprint density at radius 1 is 1.13 bits per heavy atom. The largest absolute Gasteiger partial charge is 0.371 e. The zero-order chi connectivity index (χ0) is 23.3. The van der Waals surface area contributed by atoms with Crippen LogP contribution in [0.3, 0.4) is 0 Å². The van der Waals surface area contributed by atoms with E-state index in [0.717, 1.165) is 38.0 Å². The molecule has 0 spiro atoms. The van der Waals surface area contributed by atoms with Crippen LogP contribution < -0.4 is 0 Å². The third-order valence-corrected chi connectivity index (χ3v) is 5.56. The molecule has 4 nitrogen and oxygen atoms in total. The lowest BCUT2D eigenvalue weighted by molar-refractivity contribution is 0.283. The molecule has 0 amide bonds. The summed E-state index contributed by atoms with van der Waals surface area (Å²) in [5.41, 5.74) is 6.19. The lowest BCUT2D eigenvalue weighted by Gasteiger charge is -2.29. The summed E-state index contributed by atoms with van der Waals surface area (Å²) in [6, 6.07) is 0.576. The predicted molar refractivity (Wildman–Crippen MR) is 133 cm³/mol. The normalized spacial score (nSPS) is 12.6. The molecule has 0 aromatic carbocycles. The Morgan fingerprint density at radius 2 is 1.73 bits per heavy atom. The van der Waals surface area contributed by atoms with Gasteiger partial charge in [0, 0.05) is 49.2 Å². The van der Waals surface area contributed by atoms with Crippen LogP contribution in [0.1, 0.15) is 90.6 Å². The topological polar surface area (TPSA) is 33.4 Å². The Balaban J connectivity index is 0.00000407. The van der Waals surface area contributed by atoms with E-state index in [0.29, 0.717) is 12.0 Å². The van der Waals surface area contributed by atoms with Crippen molar-refractivity contribution in [1.82, 2.24) is 14.7 Å². The number of aromatic nitrogens is 2. The van der Waals surface area contributed by atoms with E-state index >= 15 is 0 Å². The molecule has 0 bridgehead atoms. The van der Waals surface area contributed by atoms with Crippen LogP contribution in [0.4, 0.5) is 0 Å². The van der Waals surface area contributed by atoms with Crippen LogP contribution in [0.2, 0.25) is 0 Å². The molecule has 0 aliphatic rings. The lowest BCUT2D eigenvalue weighted by Crippen LogP contribution is -2.30. The summed E-state index contributed by atoms with van der Waals surface area (Å²) in [4.78, 5) is 7.23. The van der Waals surface area contributed by atoms with Gasteiger partial charge in [-0.05, 0) is 52.5 Å². The third-order valence-electron chi connectivity index (χ3n) is 5.56. The molecule has 1 aromatic rings. The number of hydrogen-bond donors (Lipinski definition) is 0. The number of terminal acetylenes is 1. The fourth-order valence-corrected chi connectivity index (χ4v) is 3.32. The molecular weight excluding hydrogens is 368 g/mol. The Labute approximate surface area is 186 Å².